The molecular formula is C20H21N5O. The van der Waals surface area contributed by atoms with Gasteiger partial charge in [-0.2, -0.15) is 0 Å². The van der Waals surface area contributed by atoms with E-state index in [1.807, 2.05) is 54.7 Å². The lowest BCUT2D eigenvalue weighted by atomic mass is 10.0. The molecule has 26 heavy (non-hydrogen) atoms. The first-order chi connectivity index (χ1) is 12.8. The molecule has 1 aliphatic heterocycles. The number of carbonyl (C=O) groups is 1. The summed E-state index contributed by atoms with van der Waals surface area (Å²) in [7, 11) is 0. The zero-order valence-electron chi connectivity index (χ0n) is 14.5. The lowest BCUT2D eigenvalue weighted by Gasteiger charge is -2.34. The van der Waals surface area contributed by atoms with Crippen LogP contribution in [0, 0.1) is 0 Å². The van der Waals surface area contributed by atoms with E-state index in [9.17, 15) is 4.79 Å². The van der Waals surface area contributed by atoms with Crippen LogP contribution in [0.1, 0.15) is 11.3 Å². The summed E-state index contributed by atoms with van der Waals surface area (Å²) in [6, 6.07) is 19.8. The van der Waals surface area contributed by atoms with Gasteiger partial charge >= 0.3 is 0 Å². The van der Waals surface area contributed by atoms with Crippen LogP contribution in [0.5, 0.6) is 0 Å². The highest BCUT2D eigenvalue weighted by Gasteiger charge is 2.30. The summed E-state index contributed by atoms with van der Waals surface area (Å²) < 4.78 is 1.77. The molecule has 6 nitrogen and oxygen atoms in total. The Morgan fingerprint density at radius 1 is 1.04 bits per heavy atom. The van der Waals surface area contributed by atoms with Gasteiger partial charge in [0.1, 0.15) is 0 Å². The van der Waals surface area contributed by atoms with E-state index in [0.717, 1.165) is 23.5 Å². The van der Waals surface area contributed by atoms with Crippen molar-refractivity contribution in [2.24, 2.45) is 0 Å². The lowest BCUT2D eigenvalue weighted by molar-refractivity contribution is -0.129. The van der Waals surface area contributed by atoms with Crippen LogP contribution in [0.2, 0.25) is 0 Å². The summed E-state index contributed by atoms with van der Waals surface area (Å²) in [5.41, 5.74) is 3.00. The molecule has 1 unspecified atom stereocenters. The first-order valence-corrected chi connectivity index (χ1v) is 8.82. The standard InChI is InChI=1S/C20H21N5O/c26-20-19(13-16-7-3-1-4-8-16)24(12-11-21-20)14-17-15-25(23-22-17)18-9-5-2-6-10-18/h1-10,15,19H,11-14H2,(H,21,26). The highest BCUT2D eigenvalue weighted by molar-refractivity contribution is 5.82. The minimum absolute atomic E-state index is 0.0792. The summed E-state index contributed by atoms with van der Waals surface area (Å²) in [6.45, 7) is 2.08. The van der Waals surface area contributed by atoms with Crippen LogP contribution in [0.15, 0.2) is 66.9 Å². The van der Waals surface area contributed by atoms with Crippen molar-refractivity contribution in [1.82, 2.24) is 25.2 Å². The Hall–Kier alpha value is -2.99. The van der Waals surface area contributed by atoms with Gasteiger partial charge in [-0.1, -0.05) is 53.7 Å². The molecule has 132 valence electrons. The summed E-state index contributed by atoms with van der Waals surface area (Å²) in [5.74, 6) is 0.0792. The third kappa shape index (κ3) is 3.65. The Morgan fingerprint density at radius 3 is 2.54 bits per heavy atom. The second kappa shape index (κ2) is 7.49. The van der Waals surface area contributed by atoms with E-state index in [0.29, 0.717) is 19.5 Å². The monoisotopic (exact) mass is 347 g/mol. The maximum Gasteiger partial charge on any atom is 0.237 e. The Morgan fingerprint density at radius 2 is 1.77 bits per heavy atom. The van der Waals surface area contributed by atoms with Gasteiger partial charge in [0.15, 0.2) is 0 Å². The van der Waals surface area contributed by atoms with Crippen molar-refractivity contribution in [3.63, 3.8) is 0 Å². The number of amides is 1. The first kappa shape index (κ1) is 16.5. The molecule has 0 bridgehead atoms. The highest BCUT2D eigenvalue weighted by atomic mass is 16.2. The summed E-state index contributed by atoms with van der Waals surface area (Å²) in [5, 5.41) is 11.5. The molecule has 1 amide bonds. The average Bonchev–Trinajstić information content (AvgIpc) is 3.15. The number of hydrogen-bond donors (Lipinski definition) is 1. The minimum atomic E-state index is -0.187. The lowest BCUT2D eigenvalue weighted by Crippen LogP contribution is -2.55. The van der Waals surface area contributed by atoms with Crippen molar-refractivity contribution >= 4 is 5.91 Å². The number of piperazine rings is 1. The van der Waals surface area contributed by atoms with Crippen molar-refractivity contribution < 1.29 is 4.79 Å². The maximum atomic E-state index is 12.4. The average molecular weight is 347 g/mol. The summed E-state index contributed by atoms with van der Waals surface area (Å²) >= 11 is 0. The van der Waals surface area contributed by atoms with Crippen LogP contribution < -0.4 is 5.32 Å². The van der Waals surface area contributed by atoms with E-state index in [2.05, 4.69) is 32.7 Å². The van der Waals surface area contributed by atoms with Crippen molar-refractivity contribution in [1.29, 1.82) is 0 Å². The predicted molar refractivity (Wildman–Crippen MR) is 98.7 cm³/mol. The molecule has 0 spiro atoms. The van der Waals surface area contributed by atoms with Gasteiger partial charge in [0.25, 0.3) is 0 Å². The second-order valence-electron chi connectivity index (χ2n) is 6.46. The fraction of sp³-hybridized carbons (Fsp3) is 0.250. The smallest absolute Gasteiger partial charge is 0.237 e. The Kier molecular flexibility index (Phi) is 4.75. The van der Waals surface area contributed by atoms with Gasteiger partial charge in [-0.15, -0.1) is 5.10 Å². The van der Waals surface area contributed by atoms with Gasteiger partial charge in [0.05, 0.1) is 23.6 Å². The number of rotatable bonds is 5. The number of aromatic nitrogens is 3. The molecule has 1 N–H and O–H groups in total. The van der Waals surface area contributed by atoms with Crippen molar-refractivity contribution in [2.75, 3.05) is 13.1 Å². The summed E-state index contributed by atoms with van der Waals surface area (Å²) in [6.07, 6.45) is 2.63. The zero-order chi connectivity index (χ0) is 17.8. The van der Waals surface area contributed by atoms with Crippen LogP contribution in [0.4, 0.5) is 0 Å². The molecule has 2 heterocycles. The van der Waals surface area contributed by atoms with Crippen LogP contribution in [-0.2, 0) is 17.8 Å². The number of nitrogens with one attached hydrogen (secondary N) is 1. The molecule has 1 atom stereocenters. The van der Waals surface area contributed by atoms with Crippen LogP contribution in [0.3, 0.4) is 0 Å². The number of nitrogens with zero attached hydrogens (tertiary/aromatic N) is 4. The van der Waals surface area contributed by atoms with Crippen LogP contribution in [-0.4, -0.2) is 44.9 Å². The number of hydrogen-bond acceptors (Lipinski definition) is 4. The molecule has 1 fully saturated rings. The molecule has 0 radical (unpaired) electrons. The van der Waals surface area contributed by atoms with Crippen molar-refractivity contribution in [2.45, 2.75) is 19.0 Å². The molecule has 1 saturated heterocycles. The van der Waals surface area contributed by atoms with Crippen LogP contribution >= 0.6 is 0 Å². The van der Waals surface area contributed by atoms with Gasteiger partial charge in [-0.3, -0.25) is 9.69 Å². The van der Waals surface area contributed by atoms with Crippen molar-refractivity contribution in [3.05, 3.63) is 78.1 Å². The zero-order valence-corrected chi connectivity index (χ0v) is 14.5. The number of benzene rings is 2. The quantitative estimate of drug-likeness (QED) is 0.765. The SMILES string of the molecule is O=C1NCCN(Cc2cn(-c3ccccc3)nn2)C1Cc1ccccc1. The number of carbonyl (C=O) groups excluding carboxylic acids is 1. The first-order valence-electron chi connectivity index (χ1n) is 8.82. The third-order valence-electron chi connectivity index (χ3n) is 4.64. The predicted octanol–water partition coefficient (Wildman–Crippen LogP) is 1.81. The van der Waals surface area contributed by atoms with E-state index in [1.165, 1.54) is 0 Å². The minimum Gasteiger partial charge on any atom is -0.353 e. The Bertz CT molecular complexity index is 862. The molecular weight excluding hydrogens is 326 g/mol. The van der Waals surface area contributed by atoms with Gasteiger partial charge in [-0.05, 0) is 24.1 Å². The normalized spacial score (nSPS) is 17.8. The molecule has 0 saturated carbocycles. The second-order valence-corrected chi connectivity index (χ2v) is 6.46. The van der Waals surface area contributed by atoms with E-state index in [1.54, 1.807) is 4.68 Å². The van der Waals surface area contributed by atoms with E-state index in [4.69, 9.17) is 0 Å². The van der Waals surface area contributed by atoms with Gasteiger partial charge in [0, 0.05) is 19.6 Å². The molecule has 4 rings (SSSR count). The Balaban J connectivity index is 1.50. The van der Waals surface area contributed by atoms with Gasteiger partial charge in [0.2, 0.25) is 5.91 Å². The maximum absolute atomic E-state index is 12.4. The largest absolute Gasteiger partial charge is 0.353 e. The molecule has 2 aromatic carbocycles. The van der Waals surface area contributed by atoms with E-state index < -0.39 is 0 Å². The fourth-order valence-electron chi connectivity index (χ4n) is 3.30. The fourth-order valence-corrected chi connectivity index (χ4v) is 3.30. The summed E-state index contributed by atoms with van der Waals surface area (Å²) in [4.78, 5) is 14.6. The highest BCUT2D eigenvalue weighted by Crippen LogP contribution is 2.15. The van der Waals surface area contributed by atoms with E-state index in [-0.39, 0.29) is 11.9 Å². The molecule has 6 heteroatoms. The molecule has 1 aromatic heterocycles. The van der Waals surface area contributed by atoms with Gasteiger partial charge < -0.3 is 5.32 Å². The Labute approximate surface area is 152 Å². The van der Waals surface area contributed by atoms with Gasteiger partial charge in [-0.25, -0.2) is 4.68 Å². The van der Waals surface area contributed by atoms with E-state index >= 15 is 0 Å². The molecule has 3 aromatic rings. The number of para-hydroxylation sites is 1. The van der Waals surface area contributed by atoms with Crippen LogP contribution in [0.25, 0.3) is 5.69 Å². The third-order valence-corrected chi connectivity index (χ3v) is 4.64. The van der Waals surface area contributed by atoms with Crippen molar-refractivity contribution in [3.8, 4) is 5.69 Å². The molecule has 0 aliphatic carbocycles. The molecule has 1 aliphatic rings. The topological polar surface area (TPSA) is 63.1 Å².